The topological polar surface area (TPSA) is 41.6 Å². The molecule has 1 amide bonds. The number of anilines is 1. The summed E-state index contributed by atoms with van der Waals surface area (Å²) >= 11 is 0. The van der Waals surface area contributed by atoms with Gasteiger partial charge in [-0.15, -0.1) is 0 Å². The smallest absolute Gasteiger partial charge is 0.238 e. The SMILES string of the molecule is C[C@@H]1C[C@@H](C)CN(CC(=O)Nc2ccc(Oc3ccccc3)cc2)C1. The second-order valence-corrected chi connectivity index (χ2v) is 7.13. The number of piperidine rings is 1. The number of hydrogen-bond donors (Lipinski definition) is 1. The molecule has 2 aromatic carbocycles. The van der Waals surface area contributed by atoms with E-state index in [2.05, 4.69) is 24.1 Å². The molecule has 1 saturated heterocycles. The standard InChI is InChI=1S/C21H26N2O2/c1-16-12-17(2)14-23(13-16)15-21(24)22-18-8-10-20(11-9-18)25-19-6-4-3-5-7-19/h3-11,16-17H,12-15H2,1-2H3,(H,22,24)/t16-,17-/m1/s1. The summed E-state index contributed by atoms with van der Waals surface area (Å²) in [7, 11) is 0. The number of hydrogen-bond acceptors (Lipinski definition) is 3. The second kappa shape index (κ2) is 8.17. The second-order valence-electron chi connectivity index (χ2n) is 7.13. The summed E-state index contributed by atoms with van der Waals surface area (Å²) in [6, 6.07) is 17.1. The van der Waals surface area contributed by atoms with Gasteiger partial charge in [0.2, 0.25) is 5.91 Å². The van der Waals surface area contributed by atoms with Crippen molar-refractivity contribution in [3.63, 3.8) is 0 Å². The molecule has 2 aromatic rings. The zero-order valence-corrected chi connectivity index (χ0v) is 14.9. The van der Waals surface area contributed by atoms with Crippen molar-refractivity contribution in [2.45, 2.75) is 20.3 Å². The van der Waals surface area contributed by atoms with Crippen LogP contribution in [0.4, 0.5) is 5.69 Å². The molecule has 0 unspecified atom stereocenters. The summed E-state index contributed by atoms with van der Waals surface area (Å²) in [5.74, 6) is 2.91. The lowest BCUT2D eigenvalue weighted by Crippen LogP contribution is -2.42. The maximum atomic E-state index is 12.3. The van der Waals surface area contributed by atoms with Gasteiger partial charge in [-0.2, -0.15) is 0 Å². The molecule has 0 saturated carbocycles. The van der Waals surface area contributed by atoms with Crippen LogP contribution in [0, 0.1) is 11.8 Å². The fraction of sp³-hybridized carbons (Fsp3) is 0.381. The van der Waals surface area contributed by atoms with Crippen LogP contribution in [0.3, 0.4) is 0 Å². The number of rotatable bonds is 5. The van der Waals surface area contributed by atoms with Gasteiger partial charge >= 0.3 is 0 Å². The lowest BCUT2D eigenvalue weighted by Gasteiger charge is -2.34. The number of likely N-dealkylation sites (tertiary alicyclic amines) is 1. The van der Waals surface area contributed by atoms with Gasteiger partial charge < -0.3 is 10.1 Å². The highest BCUT2D eigenvalue weighted by Gasteiger charge is 2.23. The number of carbonyl (C=O) groups excluding carboxylic acids is 1. The number of para-hydroxylation sites is 1. The first-order chi connectivity index (χ1) is 12.1. The number of benzene rings is 2. The minimum absolute atomic E-state index is 0.0398. The van der Waals surface area contributed by atoms with Crippen LogP contribution in [-0.4, -0.2) is 30.4 Å². The molecule has 1 aliphatic heterocycles. The summed E-state index contributed by atoms with van der Waals surface area (Å²) in [4.78, 5) is 14.5. The maximum Gasteiger partial charge on any atom is 0.238 e. The first-order valence-electron chi connectivity index (χ1n) is 8.93. The van der Waals surface area contributed by atoms with Gasteiger partial charge in [0.1, 0.15) is 11.5 Å². The van der Waals surface area contributed by atoms with Crippen molar-refractivity contribution >= 4 is 11.6 Å². The molecule has 0 aliphatic carbocycles. The fourth-order valence-corrected chi connectivity index (χ4v) is 3.56. The Morgan fingerprint density at radius 2 is 1.60 bits per heavy atom. The van der Waals surface area contributed by atoms with Crippen molar-refractivity contribution < 1.29 is 9.53 Å². The quantitative estimate of drug-likeness (QED) is 0.879. The van der Waals surface area contributed by atoms with E-state index >= 15 is 0 Å². The Labute approximate surface area is 149 Å². The predicted molar refractivity (Wildman–Crippen MR) is 101 cm³/mol. The van der Waals surface area contributed by atoms with Crippen LogP contribution in [0.25, 0.3) is 0 Å². The third-order valence-electron chi connectivity index (χ3n) is 4.43. The van der Waals surface area contributed by atoms with Gasteiger partial charge in [0.15, 0.2) is 0 Å². The molecular weight excluding hydrogens is 312 g/mol. The van der Waals surface area contributed by atoms with E-state index in [1.807, 2.05) is 54.6 Å². The Bertz CT molecular complexity index is 675. The molecule has 0 spiro atoms. The Hall–Kier alpha value is -2.33. The Balaban J connectivity index is 1.51. The van der Waals surface area contributed by atoms with Crippen molar-refractivity contribution in [3.8, 4) is 11.5 Å². The van der Waals surface area contributed by atoms with E-state index in [9.17, 15) is 4.79 Å². The minimum atomic E-state index is 0.0398. The molecule has 132 valence electrons. The number of carbonyl (C=O) groups is 1. The van der Waals surface area contributed by atoms with Crippen LogP contribution in [0.2, 0.25) is 0 Å². The average Bonchev–Trinajstić information content (AvgIpc) is 2.56. The molecule has 0 aromatic heterocycles. The largest absolute Gasteiger partial charge is 0.457 e. The van der Waals surface area contributed by atoms with Crippen LogP contribution in [0.5, 0.6) is 11.5 Å². The van der Waals surface area contributed by atoms with Crippen LogP contribution in [-0.2, 0) is 4.79 Å². The number of nitrogens with zero attached hydrogens (tertiary/aromatic N) is 1. The van der Waals surface area contributed by atoms with E-state index in [1.54, 1.807) is 0 Å². The van der Waals surface area contributed by atoms with Gasteiger partial charge in [-0.3, -0.25) is 9.69 Å². The molecule has 1 heterocycles. The van der Waals surface area contributed by atoms with E-state index in [-0.39, 0.29) is 5.91 Å². The van der Waals surface area contributed by atoms with E-state index in [4.69, 9.17) is 4.74 Å². The van der Waals surface area contributed by atoms with Crippen molar-refractivity contribution in [1.29, 1.82) is 0 Å². The first-order valence-corrected chi connectivity index (χ1v) is 8.93. The zero-order chi connectivity index (χ0) is 17.6. The van der Waals surface area contributed by atoms with Crippen LogP contribution >= 0.6 is 0 Å². The third kappa shape index (κ3) is 5.33. The Morgan fingerprint density at radius 1 is 1.00 bits per heavy atom. The lowest BCUT2D eigenvalue weighted by atomic mass is 9.92. The van der Waals surface area contributed by atoms with Crippen LogP contribution in [0.1, 0.15) is 20.3 Å². The normalized spacial score (nSPS) is 20.9. The molecule has 4 heteroatoms. The van der Waals surface area contributed by atoms with Crippen molar-refractivity contribution in [3.05, 3.63) is 54.6 Å². The highest BCUT2D eigenvalue weighted by atomic mass is 16.5. The van der Waals surface area contributed by atoms with Crippen LogP contribution in [0.15, 0.2) is 54.6 Å². The Morgan fingerprint density at radius 3 is 2.24 bits per heavy atom. The van der Waals surface area contributed by atoms with Gasteiger partial charge in [-0.1, -0.05) is 32.0 Å². The monoisotopic (exact) mass is 338 g/mol. The predicted octanol–water partition coefficient (Wildman–Crippen LogP) is 4.40. The molecule has 2 atom stereocenters. The highest BCUT2D eigenvalue weighted by molar-refractivity contribution is 5.92. The van der Waals surface area contributed by atoms with Crippen LogP contribution < -0.4 is 10.1 Å². The van der Waals surface area contributed by atoms with E-state index in [0.29, 0.717) is 18.4 Å². The Kier molecular flexibility index (Phi) is 5.71. The van der Waals surface area contributed by atoms with E-state index in [0.717, 1.165) is 30.3 Å². The molecule has 1 N–H and O–H groups in total. The van der Waals surface area contributed by atoms with E-state index < -0.39 is 0 Å². The molecule has 0 radical (unpaired) electrons. The third-order valence-corrected chi connectivity index (χ3v) is 4.43. The van der Waals surface area contributed by atoms with E-state index in [1.165, 1.54) is 6.42 Å². The zero-order valence-electron chi connectivity index (χ0n) is 14.9. The minimum Gasteiger partial charge on any atom is -0.457 e. The molecule has 1 aliphatic rings. The molecule has 4 nitrogen and oxygen atoms in total. The van der Waals surface area contributed by atoms with Crippen molar-refractivity contribution in [2.75, 3.05) is 25.0 Å². The maximum absolute atomic E-state index is 12.3. The summed E-state index contributed by atoms with van der Waals surface area (Å²) < 4.78 is 5.76. The fourth-order valence-electron chi connectivity index (χ4n) is 3.56. The summed E-state index contributed by atoms with van der Waals surface area (Å²) in [5.41, 5.74) is 0.795. The number of nitrogens with one attached hydrogen (secondary N) is 1. The van der Waals surface area contributed by atoms with Gasteiger partial charge in [-0.05, 0) is 54.7 Å². The average molecular weight is 338 g/mol. The summed E-state index contributed by atoms with van der Waals surface area (Å²) in [6.07, 6.45) is 1.25. The molecular formula is C21H26N2O2. The molecule has 3 rings (SSSR count). The van der Waals surface area contributed by atoms with Crippen molar-refractivity contribution in [1.82, 2.24) is 4.90 Å². The first kappa shape index (κ1) is 17.5. The van der Waals surface area contributed by atoms with Gasteiger partial charge in [-0.25, -0.2) is 0 Å². The lowest BCUT2D eigenvalue weighted by molar-refractivity contribution is -0.117. The number of ether oxygens (including phenoxy) is 1. The molecule has 0 bridgehead atoms. The summed E-state index contributed by atoms with van der Waals surface area (Å²) in [5, 5.41) is 2.97. The van der Waals surface area contributed by atoms with Gasteiger partial charge in [0.05, 0.1) is 6.54 Å². The molecule has 1 fully saturated rings. The summed E-state index contributed by atoms with van der Waals surface area (Å²) in [6.45, 7) is 6.97. The van der Waals surface area contributed by atoms with Gasteiger partial charge in [0, 0.05) is 18.8 Å². The van der Waals surface area contributed by atoms with Gasteiger partial charge in [0.25, 0.3) is 0 Å². The van der Waals surface area contributed by atoms with Crippen molar-refractivity contribution in [2.24, 2.45) is 11.8 Å². The highest BCUT2D eigenvalue weighted by Crippen LogP contribution is 2.23. The number of amides is 1. The molecule has 25 heavy (non-hydrogen) atoms.